The molecule has 1 aliphatic rings. The molecule has 0 aliphatic carbocycles. The van der Waals surface area contributed by atoms with Gasteiger partial charge in [-0.05, 0) is 50.7 Å². The SMILES string of the molecule is CN1CCCC(NC(=O)c2ccc(Br)cc2)C1. The highest BCUT2D eigenvalue weighted by atomic mass is 79.9. The average Bonchev–Trinajstić information content (AvgIpc) is 2.29. The zero-order valence-electron chi connectivity index (χ0n) is 9.95. The Labute approximate surface area is 110 Å². The molecular formula is C13H17BrN2O. The summed E-state index contributed by atoms with van der Waals surface area (Å²) in [5.41, 5.74) is 0.724. The van der Waals surface area contributed by atoms with Crippen LogP contribution in [0.1, 0.15) is 23.2 Å². The van der Waals surface area contributed by atoms with Crippen LogP contribution in [-0.4, -0.2) is 37.0 Å². The van der Waals surface area contributed by atoms with Crippen LogP contribution in [0.15, 0.2) is 28.7 Å². The number of amides is 1. The van der Waals surface area contributed by atoms with Crippen molar-refractivity contribution in [3.63, 3.8) is 0 Å². The van der Waals surface area contributed by atoms with Gasteiger partial charge in [0.1, 0.15) is 0 Å². The molecule has 2 rings (SSSR count). The van der Waals surface area contributed by atoms with Crippen LogP contribution < -0.4 is 5.32 Å². The molecule has 0 radical (unpaired) electrons. The molecule has 92 valence electrons. The van der Waals surface area contributed by atoms with Gasteiger partial charge in [0.15, 0.2) is 0 Å². The maximum Gasteiger partial charge on any atom is 0.251 e. The quantitative estimate of drug-likeness (QED) is 0.908. The van der Waals surface area contributed by atoms with Gasteiger partial charge in [0.05, 0.1) is 0 Å². The molecule has 1 heterocycles. The highest BCUT2D eigenvalue weighted by molar-refractivity contribution is 9.10. The largest absolute Gasteiger partial charge is 0.348 e. The molecule has 0 spiro atoms. The van der Waals surface area contributed by atoms with Gasteiger partial charge >= 0.3 is 0 Å². The highest BCUT2D eigenvalue weighted by Gasteiger charge is 2.19. The van der Waals surface area contributed by atoms with E-state index in [1.54, 1.807) is 0 Å². The number of carbonyl (C=O) groups excluding carboxylic acids is 1. The fraction of sp³-hybridized carbons (Fsp3) is 0.462. The topological polar surface area (TPSA) is 32.3 Å². The summed E-state index contributed by atoms with van der Waals surface area (Å²) in [6.07, 6.45) is 2.23. The average molecular weight is 297 g/mol. The fourth-order valence-corrected chi connectivity index (χ4v) is 2.42. The van der Waals surface area contributed by atoms with E-state index in [0.29, 0.717) is 0 Å². The van der Waals surface area contributed by atoms with E-state index in [9.17, 15) is 4.79 Å². The number of piperidine rings is 1. The Bertz CT molecular complexity index is 391. The first kappa shape index (κ1) is 12.6. The number of nitrogens with one attached hydrogen (secondary N) is 1. The van der Waals surface area contributed by atoms with Crippen LogP contribution >= 0.6 is 15.9 Å². The summed E-state index contributed by atoms with van der Waals surface area (Å²) in [6.45, 7) is 2.08. The van der Waals surface area contributed by atoms with E-state index in [0.717, 1.165) is 36.0 Å². The van der Waals surface area contributed by atoms with Crippen LogP contribution in [0.3, 0.4) is 0 Å². The summed E-state index contributed by atoms with van der Waals surface area (Å²) in [6, 6.07) is 7.74. The van der Waals surface area contributed by atoms with E-state index in [-0.39, 0.29) is 11.9 Å². The van der Waals surface area contributed by atoms with Crippen LogP contribution in [0.4, 0.5) is 0 Å². The third-order valence-corrected chi connectivity index (χ3v) is 3.59. The van der Waals surface area contributed by atoms with Crippen LogP contribution in [0, 0.1) is 0 Å². The normalized spacial score (nSPS) is 21.2. The van der Waals surface area contributed by atoms with Gasteiger partial charge in [-0.2, -0.15) is 0 Å². The number of likely N-dealkylation sites (tertiary alicyclic amines) is 1. The van der Waals surface area contributed by atoms with Crippen molar-refractivity contribution in [2.75, 3.05) is 20.1 Å². The predicted octanol–water partition coefficient (Wildman–Crippen LogP) is 2.27. The minimum Gasteiger partial charge on any atom is -0.348 e. The van der Waals surface area contributed by atoms with Crippen molar-refractivity contribution < 1.29 is 4.79 Å². The second-order valence-electron chi connectivity index (χ2n) is 4.58. The second-order valence-corrected chi connectivity index (χ2v) is 5.50. The summed E-state index contributed by atoms with van der Waals surface area (Å²) in [7, 11) is 2.10. The molecule has 17 heavy (non-hydrogen) atoms. The van der Waals surface area contributed by atoms with Gasteiger partial charge in [-0.25, -0.2) is 0 Å². The Morgan fingerprint density at radius 3 is 2.76 bits per heavy atom. The maximum atomic E-state index is 12.0. The molecule has 4 heteroatoms. The molecule has 3 nitrogen and oxygen atoms in total. The monoisotopic (exact) mass is 296 g/mol. The lowest BCUT2D eigenvalue weighted by molar-refractivity contribution is 0.0912. The van der Waals surface area contributed by atoms with Crippen molar-refractivity contribution in [3.8, 4) is 0 Å². The van der Waals surface area contributed by atoms with E-state index in [1.165, 1.54) is 0 Å². The Hall–Kier alpha value is -0.870. The zero-order valence-corrected chi connectivity index (χ0v) is 11.5. The lowest BCUT2D eigenvalue weighted by Gasteiger charge is -2.30. The van der Waals surface area contributed by atoms with E-state index >= 15 is 0 Å². The summed E-state index contributed by atoms with van der Waals surface area (Å²) >= 11 is 3.36. The molecule has 1 aliphatic heterocycles. The fourth-order valence-electron chi connectivity index (χ4n) is 2.15. The first-order valence-corrected chi connectivity index (χ1v) is 6.69. The van der Waals surface area contributed by atoms with Crippen molar-refractivity contribution in [2.45, 2.75) is 18.9 Å². The van der Waals surface area contributed by atoms with Crippen LogP contribution in [0.5, 0.6) is 0 Å². The second kappa shape index (κ2) is 5.65. The Kier molecular flexibility index (Phi) is 4.18. The number of hydrogen-bond donors (Lipinski definition) is 1. The van der Waals surface area contributed by atoms with Gasteiger partial charge in [0.2, 0.25) is 0 Å². The molecule has 0 bridgehead atoms. The molecule has 1 atom stereocenters. The molecule has 1 saturated heterocycles. The number of nitrogens with zero attached hydrogens (tertiary/aromatic N) is 1. The molecule has 1 fully saturated rings. The Morgan fingerprint density at radius 1 is 1.41 bits per heavy atom. The summed E-state index contributed by atoms with van der Waals surface area (Å²) in [5.74, 6) is 0.0257. The lowest BCUT2D eigenvalue weighted by Crippen LogP contribution is -2.46. The van der Waals surface area contributed by atoms with E-state index in [2.05, 4.69) is 33.2 Å². The van der Waals surface area contributed by atoms with Crippen molar-refractivity contribution in [3.05, 3.63) is 34.3 Å². The standard InChI is InChI=1S/C13H17BrN2O/c1-16-8-2-3-12(9-16)15-13(17)10-4-6-11(14)7-5-10/h4-7,12H,2-3,8-9H2,1H3,(H,15,17). The summed E-state index contributed by atoms with van der Waals surface area (Å²) < 4.78 is 0.992. The van der Waals surface area contributed by atoms with Crippen LogP contribution in [0.25, 0.3) is 0 Å². The lowest BCUT2D eigenvalue weighted by atomic mass is 10.1. The number of hydrogen-bond acceptors (Lipinski definition) is 2. The highest BCUT2D eigenvalue weighted by Crippen LogP contribution is 2.12. The van der Waals surface area contributed by atoms with Gasteiger partial charge < -0.3 is 10.2 Å². The molecule has 1 N–H and O–H groups in total. The molecule has 1 aromatic rings. The smallest absolute Gasteiger partial charge is 0.251 e. The van der Waals surface area contributed by atoms with Crippen molar-refractivity contribution in [1.29, 1.82) is 0 Å². The van der Waals surface area contributed by atoms with Crippen molar-refractivity contribution in [1.82, 2.24) is 10.2 Å². The van der Waals surface area contributed by atoms with Crippen LogP contribution in [-0.2, 0) is 0 Å². The molecular weight excluding hydrogens is 280 g/mol. The maximum absolute atomic E-state index is 12.0. The number of likely N-dealkylation sites (N-methyl/N-ethyl adjacent to an activating group) is 1. The number of benzene rings is 1. The molecule has 1 unspecified atom stereocenters. The molecule has 0 saturated carbocycles. The molecule has 1 aromatic carbocycles. The number of carbonyl (C=O) groups is 1. The Balaban J connectivity index is 1.94. The predicted molar refractivity (Wildman–Crippen MR) is 72.1 cm³/mol. The van der Waals surface area contributed by atoms with Gasteiger partial charge in [-0.1, -0.05) is 15.9 Å². The van der Waals surface area contributed by atoms with E-state index in [1.807, 2.05) is 24.3 Å². The van der Waals surface area contributed by atoms with Gasteiger partial charge in [-0.3, -0.25) is 4.79 Å². The van der Waals surface area contributed by atoms with E-state index in [4.69, 9.17) is 0 Å². The Morgan fingerprint density at radius 2 is 2.12 bits per heavy atom. The van der Waals surface area contributed by atoms with Gasteiger partial charge in [-0.15, -0.1) is 0 Å². The summed E-state index contributed by atoms with van der Waals surface area (Å²) in [4.78, 5) is 14.2. The first-order chi connectivity index (χ1) is 8.15. The third-order valence-electron chi connectivity index (χ3n) is 3.07. The zero-order chi connectivity index (χ0) is 12.3. The minimum atomic E-state index is 0.0257. The van der Waals surface area contributed by atoms with Gasteiger partial charge in [0.25, 0.3) is 5.91 Å². The molecule has 0 aromatic heterocycles. The first-order valence-electron chi connectivity index (χ1n) is 5.90. The third kappa shape index (κ3) is 3.54. The van der Waals surface area contributed by atoms with Crippen molar-refractivity contribution >= 4 is 21.8 Å². The van der Waals surface area contributed by atoms with Crippen LogP contribution in [0.2, 0.25) is 0 Å². The summed E-state index contributed by atoms with van der Waals surface area (Å²) in [5, 5.41) is 3.09. The number of rotatable bonds is 2. The van der Waals surface area contributed by atoms with E-state index < -0.39 is 0 Å². The van der Waals surface area contributed by atoms with Crippen molar-refractivity contribution in [2.24, 2.45) is 0 Å². The van der Waals surface area contributed by atoms with Gasteiger partial charge in [0, 0.05) is 22.6 Å². The molecule has 1 amide bonds. The minimum absolute atomic E-state index is 0.0257. The number of halogens is 1.